The van der Waals surface area contributed by atoms with Crippen molar-refractivity contribution in [2.75, 3.05) is 0 Å². The maximum atomic E-state index is 10.9. The molecule has 2 saturated heterocycles. The van der Waals surface area contributed by atoms with Gasteiger partial charge in [-0.2, -0.15) is 5.10 Å². The van der Waals surface area contributed by atoms with Crippen molar-refractivity contribution in [3.8, 4) is 0 Å². The topological polar surface area (TPSA) is 58.4 Å². The van der Waals surface area contributed by atoms with Crippen molar-refractivity contribution in [2.24, 2.45) is 13.0 Å². The van der Waals surface area contributed by atoms with Crippen LogP contribution < -0.4 is 0 Å². The predicted octanol–water partition coefficient (Wildman–Crippen LogP) is 1.64. The van der Waals surface area contributed by atoms with Gasteiger partial charge in [0, 0.05) is 43.9 Å². The zero-order chi connectivity index (χ0) is 13.4. The second kappa shape index (κ2) is 4.96. The first-order chi connectivity index (χ1) is 9.11. The molecule has 104 valence electrons. The molecular weight excluding hydrogens is 242 g/mol. The molecular formula is C14H21N3O2. The van der Waals surface area contributed by atoms with Gasteiger partial charge in [0.05, 0.1) is 6.20 Å². The Balaban J connectivity index is 1.64. The van der Waals surface area contributed by atoms with Gasteiger partial charge in [-0.1, -0.05) is 0 Å². The molecule has 3 heterocycles. The summed E-state index contributed by atoms with van der Waals surface area (Å²) in [5.74, 6) is -0.273. The molecule has 0 spiro atoms. The highest BCUT2D eigenvalue weighted by Crippen LogP contribution is 2.40. The molecule has 0 aromatic carbocycles. The Morgan fingerprint density at radius 1 is 1.42 bits per heavy atom. The number of rotatable bonds is 4. The van der Waals surface area contributed by atoms with Crippen LogP contribution in [-0.4, -0.2) is 37.8 Å². The van der Waals surface area contributed by atoms with Gasteiger partial charge in [-0.15, -0.1) is 0 Å². The first-order valence-corrected chi connectivity index (χ1v) is 7.07. The van der Waals surface area contributed by atoms with E-state index in [1.807, 2.05) is 17.9 Å². The minimum Gasteiger partial charge on any atom is -0.481 e. The van der Waals surface area contributed by atoms with E-state index in [0.29, 0.717) is 24.4 Å². The highest BCUT2D eigenvalue weighted by molar-refractivity contribution is 5.67. The number of aliphatic carboxylic acids is 1. The largest absolute Gasteiger partial charge is 0.481 e. The van der Waals surface area contributed by atoms with Crippen LogP contribution in [0.15, 0.2) is 12.4 Å². The van der Waals surface area contributed by atoms with Crippen molar-refractivity contribution < 1.29 is 9.90 Å². The predicted molar refractivity (Wildman–Crippen MR) is 70.5 cm³/mol. The fourth-order valence-electron chi connectivity index (χ4n) is 3.82. The molecule has 0 amide bonds. The third-order valence-electron chi connectivity index (χ3n) is 4.57. The van der Waals surface area contributed by atoms with E-state index in [1.165, 1.54) is 18.4 Å². The highest BCUT2D eigenvalue weighted by atomic mass is 16.4. The molecule has 1 aromatic heterocycles. The van der Waals surface area contributed by atoms with E-state index < -0.39 is 5.97 Å². The van der Waals surface area contributed by atoms with Crippen molar-refractivity contribution in [3.63, 3.8) is 0 Å². The number of fused-ring (bicyclic) bond motifs is 2. The number of aryl methyl sites for hydroxylation is 1. The number of carboxylic acids is 1. The van der Waals surface area contributed by atoms with E-state index in [1.54, 1.807) is 0 Å². The fraction of sp³-hybridized carbons (Fsp3) is 0.714. The Hall–Kier alpha value is -1.36. The van der Waals surface area contributed by atoms with Gasteiger partial charge in [0.15, 0.2) is 0 Å². The van der Waals surface area contributed by atoms with Crippen molar-refractivity contribution in [1.82, 2.24) is 14.7 Å². The average Bonchev–Trinajstić information content (AvgIpc) is 2.82. The zero-order valence-corrected chi connectivity index (χ0v) is 11.3. The molecule has 0 saturated carbocycles. The Bertz CT molecular complexity index is 457. The molecule has 2 unspecified atom stereocenters. The monoisotopic (exact) mass is 263 g/mol. The van der Waals surface area contributed by atoms with Crippen LogP contribution >= 0.6 is 0 Å². The third-order valence-corrected chi connectivity index (χ3v) is 4.57. The summed E-state index contributed by atoms with van der Waals surface area (Å²) in [5.41, 5.74) is 1.26. The standard InChI is InChI=1S/C14H21N3O2/c1-16-8-11(7-15-16)9-17-12-2-3-13(17)5-10(4-12)6-14(18)19/h7-8,10,12-13H,2-6,9H2,1H3,(H,18,19). The maximum absolute atomic E-state index is 10.9. The number of carbonyl (C=O) groups is 1. The summed E-state index contributed by atoms with van der Waals surface area (Å²) in [6.45, 7) is 0.961. The molecule has 5 heteroatoms. The summed E-state index contributed by atoms with van der Waals surface area (Å²) >= 11 is 0. The minimum atomic E-state index is -0.648. The Labute approximate surface area is 113 Å². The zero-order valence-electron chi connectivity index (χ0n) is 11.3. The fourth-order valence-corrected chi connectivity index (χ4v) is 3.82. The molecule has 2 aliphatic heterocycles. The van der Waals surface area contributed by atoms with Gasteiger partial charge in [0.25, 0.3) is 0 Å². The van der Waals surface area contributed by atoms with Crippen LogP contribution in [0, 0.1) is 5.92 Å². The molecule has 2 bridgehead atoms. The van der Waals surface area contributed by atoms with E-state index >= 15 is 0 Å². The lowest BCUT2D eigenvalue weighted by atomic mass is 9.88. The summed E-state index contributed by atoms with van der Waals surface area (Å²) in [7, 11) is 1.94. The van der Waals surface area contributed by atoms with Crippen molar-refractivity contribution >= 4 is 5.97 Å². The van der Waals surface area contributed by atoms with Gasteiger partial charge in [-0.25, -0.2) is 0 Å². The Morgan fingerprint density at radius 3 is 2.63 bits per heavy atom. The number of hydrogen-bond acceptors (Lipinski definition) is 3. The summed E-state index contributed by atoms with van der Waals surface area (Å²) in [4.78, 5) is 13.4. The van der Waals surface area contributed by atoms with Crippen molar-refractivity contribution in [2.45, 2.75) is 50.7 Å². The van der Waals surface area contributed by atoms with Crippen LogP contribution in [0.1, 0.15) is 37.7 Å². The number of piperidine rings is 1. The van der Waals surface area contributed by atoms with Crippen LogP contribution in [0.4, 0.5) is 0 Å². The van der Waals surface area contributed by atoms with Crippen LogP contribution in [0.5, 0.6) is 0 Å². The van der Waals surface area contributed by atoms with E-state index in [2.05, 4.69) is 16.2 Å². The number of carboxylic acid groups (broad SMARTS) is 1. The Kier molecular flexibility index (Phi) is 3.31. The van der Waals surface area contributed by atoms with Gasteiger partial charge in [0.2, 0.25) is 0 Å². The van der Waals surface area contributed by atoms with Crippen LogP contribution in [0.25, 0.3) is 0 Å². The minimum absolute atomic E-state index is 0.341. The van der Waals surface area contributed by atoms with E-state index in [0.717, 1.165) is 19.4 Å². The van der Waals surface area contributed by atoms with Gasteiger partial charge >= 0.3 is 5.97 Å². The molecule has 2 atom stereocenters. The molecule has 0 aliphatic carbocycles. The molecule has 1 N–H and O–H groups in total. The smallest absolute Gasteiger partial charge is 0.303 e. The van der Waals surface area contributed by atoms with Crippen LogP contribution in [-0.2, 0) is 18.4 Å². The first kappa shape index (κ1) is 12.7. The second-order valence-electron chi connectivity index (χ2n) is 6.01. The summed E-state index contributed by atoms with van der Waals surface area (Å²) in [6.07, 6.45) is 8.88. The number of nitrogens with zero attached hydrogens (tertiary/aromatic N) is 3. The molecule has 0 radical (unpaired) electrons. The Morgan fingerprint density at radius 2 is 2.11 bits per heavy atom. The second-order valence-corrected chi connectivity index (χ2v) is 6.01. The van der Waals surface area contributed by atoms with Crippen molar-refractivity contribution in [1.29, 1.82) is 0 Å². The number of hydrogen-bond donors (Lipinski definition) is 1. The average molecular weight is 263 g/mol. The van der Waals surface area contributed by atoms with Gasteiger partial charge in [-0.3, -0.25) is 14.4 Å². The van der Waals surface area contributed by atoms with Crippen LogP contribution in [0.2, 0.25) is 0 Å². The molecule has 3 rings (SSSR count). The summed E-state index contributed by atoms with van der Waals surface area (Å²) in [5, 5.41) is 13.2. The van der Waals surface area contributed by atoms with Crippen molar-refractivity contribution in [3.05, 3.63) is 18.0 Å². The van der Waals surface area contributed by atoms with Gasteiger partial charge in [0.1, 0.15) is 0 Å². The molecule has 5 nitrogen and oxygen atoms in total. The van der Waals surface area contributed by atoms with Gasteiger partial charge in [-0.05, 0) is 31.6 Å². The van der Waals surface area contributed by atoms with Gasteiger partial charge < -0.3 is 5.11 Å². The SMILES string of the molecule is Cn1cc(CN2C3CCC2CC(CC(=O)O)C3)cn1. The lowest BCUT2D eigenvalue weighted by Gasteiger charge is -2.38. The first-order valence-electron chi connectivity index (χ1n) is 7.07. The normalized spacial score (nSPS) is 30.7. The quantitative estimate of drug-likeness (QED) is 0.897. The third kappa shape index (κ3) is 2.66. The molecule has 2 aliphatic rings. The lowest BCUT2D eigenvalue weighted by molar-refractivity contribution is -0.138. The highest BCUT2D eigenvalue weighted by Gasteiger charge is 2.40. The summed E-state index contributed by atoms with van der Waals surface area (Å²) < 4.78 is 1.84. The molecule has 2 fully saturated rings. The van der Waals surface area contributed by atoms with E-state index in [4.69, 9.17) is 5.11 Å². The van der Waals surface area contributed by atoms with E-state index in [-0.39, 0.29) is 0 Å². The molecule has 19 heavy (non-hydrogen) atoms. The lowest BCUT2D eigenvalue weighted by Crippen LogP contribution is -2.42. The van der Waals surface area contributed by atoms with E-state index in [9.17, 15) is 4.79 Å². The van der Waals surface area contributed by atoms with Crippen LogP contribution in [0.3, 0.4) is 0 Å². The summed E-state index contributed by atoms with van der Waals surface area (Å²) in [6, 6.07) is 1.15. The maximum Gasteiger partial charge on any atom is 0.303 e. The number of aromatic nitrogens is 2. The molecule has 1 aromatic rings.